The molecule has 0 saturated carbocycles. The number of methoxy groups -OCH3 is 1. The highest BCUT2D eigenvalue weighted by Gasteiger charge is 2.37. The second kappa shape index (κ2) is 6.86. The fourth-order valence-electron chi connectivity index (χ4n) is 3.38. The van der Waals surface area contributed by atoms with Gasteiger partial charge in [-0.05, 0) is 25.3 Å². The third kappa shape index (κ3) is 3.04. The van der Waals surface area contributed by atoms with Crippen molar-refractivity contribution >= 4 is 11.7 Å². The van der Waals surface area contributed by atoms with Crippen LogP contribution in [0.2, 0.25) is 0 Å². The van der Waals surface area contributed by atoms with Crippen LogP contribution >= 0.6 is 0 Å². The SMILES string of the molecule is COC(=O)C1=C(C)NC(C)=C(C(C)C)C1c1ccccc1[N+](=O)[O-]. The average Bonchev–Trinajstić information content (AvgIpc) is 2.52. The largest absolute Gasteiger partial charge is 0.466 e. The Kier molecular flexibility index (Phi) is 5.07. The number of nitrogens with one attached hydrogen (secondary N) is 1. The summed E-state index contributed by atoms with van der Waals surface area (Å²) in [5.74, 6) is -0.871. The summed E-state index contributed by atoms with van der Waals surface area (Å²) in [6.07, 6.45) is 0. The van der Waals surface area contributed by atoms with Crippen LogP contribution in [0.4, 0.5) is 5.69 Å². The molecular weight excluding hydrogens is 308 g/mol. The van der Waals surface area contributed by atoms with Gasteiger partial charge in [-0.3, -0.25) is 10.1 Å². The first kappa shape index (κ1) is 17.7. The van der Waals surface area contributed by atoms with Crippen LogP contribution in [-0.2, 0) is 9.53 Å². The van der Waals surface area contributed by atoms with E-state index >= 15 is 0 Å². The van der Waals surface area contributed by atoms with Crippen LogP contribution in [0.3, 0.4) is 0 Å². The number of hydrogen-bond donors (Lipinski definition) is 1. The topological polar surface area (TPSA) is 81.5 Å². The Labute approximate surface area is 141 Å². The predicted octanol–water partition coefficient (Wildman–Crippen LogP) is 3.66. The normalized spacial score (nSPS) is 17.8. The monoisotopic (exact) mass is 330 g/mol. The minimum absolute atomic E-state index is 0.00422. The Balaban J connectivity index is 2.78. The number of nitro benzene ring substituents is 1. The number of nitrogens with zero attached hydrogens (tertiary/aromatic N) is 1. The van der Waals surface area contributed by atoms with Gasteiger partial charge in [-0.1, -0.05) is 32.0 Å². The van der Waals surface area contributed by atoms with Crippen molar-refractivity contribution in [1.29, 1.82) is 0 Å². The number of carbonyl (C=O) groups is 1. The van der Waals surface area contributed by atoms with Gasteiger partial charge >= 0.3 is 5.97 Å². The highest BCUT2D eigenvalue weighted by molar-refractivity contribution is 5.93. The van der Waals surface area contributed by atoms with E-state index in [4.69, 9.17) is 4.74 Å². The molecule has 1 aliphatic rings. The van der Waals surface area contributed by atoms with Crippen LogP contribution in [0.5, 0.6) is 0 Å². The van der Waals surface area contributed by atoms with E-state index in [2.05, 4.69) is 5.32 Å². The summed E-state index contributed by atoms with van der Waals surface area (Å²) in [6, 6.07) is 6.56. The Morgan fingerprint density at radius 1 is 1.25 bits per heavy atom. The lowest BCUT2D eigenvalue weighted by Gasteiger charge is -2.33. The summed E-state index contributed by atoms with van der Waals surface area (Å²) >= 11 is 0. The zero-order valence-corrected chi connectivity index (χ0v) is 14.5. The molecule has 0 spiro atoms. The van der Waals surface area contributed by atoms with Gasteiger partial charge in [0.15, 0.2) is 0 Å². The molecule has 0 aliphatic carbocycles. The van der Waals surface area contributed by atoms with Gasteiger partial charge in [-0.2, -0.15) is 0 Å². The van der Waals surface area contributed by atoms with Crippen molar-refractivity contribution in [2.24, 2.45) is 5.92 Å². The molecule has 0 fully saturated rings. The summed E-state index contributed by atoms with van der Waals surface area (Å²) < 4.78 is 4.95. The first-order valence-corrected chi connectivity index (χ1v) is 7.79. The minimum Gasteiger partial charge on any atom is -0.466 e. The summed E-state index contributed by atoms with van der Waals surface area (Å²) in [6.45, 7) is 7.74. The Morgan fingerprint density at radius 3 is 2.42 bits per heavy atom. The minimum atomic E-state index is -0.500. The van der Waals surface area contributed by atoms with Crippen LogP contribution < -0.4 is 5.32 Å². The van der Waals surface area contributed by atoms with Gasteiger partial charge in [-0.15, -0.1) is 0 Å². The fraction of sp³-hybridized carbons (Fsp3) is 0.389. The van der Waals surface area contributed by atoms with E-state index in [1.54, 1.807) is 25.1 Å². The maximum absolute atomic E-state index is 12.4. The number of para-hydroxylation sites is 1. The molecule has 128 valence electrons. The van der Waals surface area contributed by atoms with Crippen molar-refractivity contribution in [3.8, 4) is 0 Å². The molecule has 2 rings (SSSR count). The summed E-state index contributed by atoms with van der Waals surface area (Å²) in [5, 5.41) is 14.7. The lowest BCUT2D eigenvalue weighted by atomic mass is 9.75. The third-order valence-corrected chi connectivity index (χ3v) is 4.28. The number of benzene rings is 1. The Bertz CT molecular complexity index is 747. The highest BCUT2D eigenvalue weighted by atomic mass is 16.6. The van der Waals surface area contributed by atoms with Gasteiger partial charge in [0.05, 0.1) is 17.6 Å². The zero-order valence-electron chi connectivity index (χ0n) is 14.5. The van der Waals surface area contributed by atoms with Gasteiger partial charge in [-0.25, -0.2) is 4.79 Å². The van der Waals surface area contributed by atoms with Gasteiger partial charge in [0.1, 0.15) is 0 Å². The Morgan fingerprint density at radius 2 is 1.88 bits per heavy atom. The van der Waals surface area contributed by atoms with E-state index in [1.165, 1.54) is 13.2 Å². The summed E-state index contributed by atoms with van der Waals surface area (Å²) in [7, 11) is 1.32. The number of dihydropyridines is 1. The lowest BCUT2D eigenvalue weighted by molar-refractivity contribution is -0.385. The van der Waals surface area contributed by atoms with E-state index in [-0.39, 0.29) is 11.6 Å². The number of ether oxygens (including phenoxy) is 1. The van der Waals surface area contributed by atoms with Crippen molar-refractivity contribution < 1.29 is 14.5 Å². The van der Waals surface area contributed by atoms with Gasteiger partial charge < -0.3 is 10.1 Å². The fourth-order valence-corrected chi connectivity index (χ4v) is 3.38. The molecule has 0 saturated heterocycles. The maximum atomic E-state index is 12.4. The number of hydrogen-bond acceptors (Lipinski definition) is 5. The van der Waals surface area contributed by atoms with E-state index in [0.717, 1.165) is 11.3 Å². The van der Waals surface area contributed by atoms with Crippen LogP contribution in [0.1, 0.15) is 39.2 Å². The molecule has 1 atom stereocenters. The first-order chi connectivity index (χ1) is 11.3. The molecule has 1 unspecified atom stereocenters. The number of allylic oxidation sites excluding steroid dienone is 3. The Hall–Kier alpha value is -2.63. The molecule has 0 amide bonds. The molecule has 1 aromatic carbocycles. The lowest BCUT2D eigenvalue weighted by Crippen LogP contribution is -2.30. The van der Waals surface area contributed by atoms with Crippen LogP contribution in [0, 0.1) is 16.0 Å². The van der Waals surface area contributed by atoms with Crippen LogP contribution in [0.25, 0.3) is 0 Å². The quantitative estimate of drug-likeness (QED) is 0.517. The van der Waals surface area contributed by atoms with Crippen LogP contribution in [0.15, 0.2) is 46.8 Å². The molecule has 24 heavy (non-hydrogen) atoms. The van der Waals surface area contributed by atoms with Gasteiger partial charge in [0, 0.05) is 28.9 Å². The number of carbonyl (C=O) groups excluding carboxylic acids is 1. The van der Waals surface area contributed by atoms with Gasteiger partial charge in [0.2, 0.25) is 0 Å². The molecule has 1 aromatic rings. The molecule has 6 nitrogen and oxygen atoms in total. The zero-order chi connectivity index (χ0) is 18.0. The molecule has 0 bridgehead atoms. The van der Waals surface area contributed by atoms with Crippen molar-refractivity contribution in [2.45, 2.75) is 33.6 Å². The first-order valence-electron chi connectivity index (χ1n) is 7.79. The molecule has 6 heteroatoms. The van der Waals surface area contributed by atoms with Crippen molar-refractivity contribution in [3.63, 3.8) is 0 Å². The molecule has 1 N–H and O–H groups in total. The van der Waals surface area contributed by atoms with E-state index < -0.39 is 16.8 Å². The number of esters is 1. The van der Waals surface area contributed by atoms with Crippen molar-refractivity contribution in [1.82, 2.24) is 5.32 Å². The average molecular weight is 330 g/mol. The molecule has 0 radical (unpaired) electrons. The maximum Gasteiger partial charge on any atom is 0.336 e. The smallest absolute Gasteiger partial charge is 0.336 e. The third-order valence-electron chi connectivity index (χ3n) is 4.28. The number of nitro groups is 1. The predicted molar refractivity (Wildman–Crippen MR) is 91.2 cm³/mol. The second-order valence-corrected chi connectivity index (χ2v) is 6.14. The number of rotatable bonds is 4. The molecule has 0 aromatic heterocycles. The summed E-state index contributed by atoms with van der Waals surface area (Å²) in [4.78, 5) is 23.5. The summed E-state index contributed by atoms with van der Waals surface area (Å²) in [5.41, 5.74) is 3.46. The van der Waals surface area contributed by atoms with E-state index in [1.807, 2.05) is 20.8 Å². The molecule has 1 aliphatic heterocycles. The van der Waals surface area contributed by atoms with Crippen molar-refractivity contribution in [2.75, 3.05) is 7.11 Å². The highest BCUT2D eigenvalue weighted by Crippen LogP contribution is 2.44. The van der Waals surface area contributed by atoms with Crippen molar-refractivity contribution in [3.05, 3.63) is 62.5 Å². The van der Waals surface area contributed by atoms with Gasteiger partial charge in [0.25, 0.3) is 5.69 Å². The van der Waals surface area contributed by atoms with E-state index in [0.29, 0.717) is 16.8 Å². The molecular formula is C18H22N2O4. The molecule has 1 heterocycles. The second-order valence-electron chi connectivity index (χ2n) is 6.14. The standard InChI is InChI=1S/C18H22N2O4/c1-10(2)15-11(3)19-12(4)16(18(21)24-5)17(15)13-8-6-7-9-14(13)20(22)23/h6-10,17,19H,1-5H3. The van der Waals surface area contributed by atoms with E-state index in [9.17, 15) is 14.9 Å². The van der Waals surface area contributed by atoms with Crippen LogP contribution in [-0.4, -0.2) is 18.0 Å².